The minimum atomic E-state index is -0.152. The number of methoxy groups -OCH3 is 1. The summed E-state index contributed by atoms with van der Waals surface area (Å²) in [5, 5.41) is 2.96. The van der Waals surface area contributed by atoms with Crippen molar-refractivity contribution in [3.8, 4) is 5.75 Å². The molecule has 34 heavy (non-hydrogen) atoms. The zero-order chi connectivity index (χ0) is 24.7. The molecule has 2 atom stereocenters. The molecule has 2 unspecified atom stereocenters. The predicted molar refractivity (Wildman–Crippen MR) is 135 cm³/mol. The average Bonchev–Trinajstić information content (AvgIpc) is 3.20. The molecule has 0 saturated carbocycles. The lowest BCUT2D eigenvalue weighted by Gasteiger charge is -2.34. The lowest BCUT2D eigenvalue weighted by molar-refractivity contribution is -0.136. The number of hydrogen-bond donors (Lipinski definition) is 1. The van der Waals surface area contributed by atoms with Crippen LogP contribution in [0.3, 0.4) is 0 Å². The first-order chi connectivity index (χ1) is 16.4. The third-order valence-corrected chi connectivity index (χ3v) is 6.43. The molecule has 7 heteroatoms. The molecule has 1 heterocycles. The van der Waals surface area contributed by atoms with Crippen LogP contribution in [0.5, 0.6) is 5.75 Å². The number of nitrogens with zero attached hydrogens (tertiary/aromatic N) is 3. The second-order valence-electron chi connectivity index (χ2n) is 8.65. The van der Waals surface area contributed by atoms with Crippen molar-refractivity contribution in [1.82, 2.24) is 19.8 Å². The van der Waals surface area contributed by atoms with Crippen LogP contribution in [0, 0.1) is 0 Å². The molecule has 3 rings (SSSR count). The maximum atomic E-state index is 13.4. The molecule has 1 N–H and O–H groups in total. The second-order valence-corrected chi connectivity index (χ2v) is 8.65. The average molecular weight is 465 g/mol. The highest BCUT2D eigenvalue weighted by atomic mass is 16.5. The molecule has 1 aromatic heterocycles. The molecule has 182 valence electrons. The largest absolute Gasteiger partial charge is 0.497 e. The smallest absolute Gasteiger partial charge is 0.251 e. The van der Waals surface area contributed by atoms with Crippen LogP contribution in [0.25, 0.3) is 11.0 Å². The van der Waals surface area contributed by atoms with E-state index in [-0.39, 0.29) is 30.4 Å². The molecule has 0 saturated heterocycles. The summed E-state index contributed by atoms with van der Waals surface area (Å²) in [5.74, 6) is 1.44. The molecule has 0 radical (unpaired) electrons. The van der Waals surface area contributed by atoms with Gasteiger partial charge in [-0.05, 0) is 63.1 Å². The quantitative estimate of drug-likeness (QED) is 0.455. The van der Waals surface area contributed by atoms with E-state index in [1.54, 1.807) is 31.4 Å². The van der Waals surface area contributed by atoms with Crippen LogP contribution < -0.4 is 10.1 Å². The zero-order valence-electron chi connectivity index (χ0n) is 20.9. The number of rotatable bonds is 11. The number of fused-ring (bicyclic) bond motifs is 1. The lowest BCUT2D eigenvalue weighted by atomic mass is 10.1. The Hall–Kier alpha value is -3.35. The third kappa shape index (κ3) is 5.76. The maximum absolute atomic E-state index is 13.4. The van der Waals surface area contributed by atoms with E-state index in [2.05, 4.69) is 33.0 Å². The Morgan fingerprint density at radius 1 is 1.03 bits per heavy atom. The van der Waals surface area contributed by atoms with Gasteiger partial charge in [0.05, 0.1) is 18.1 Å². The fourth-order valence-electron chi connectivity index (χ4n) is 4.16. The second kappa shape index (κ2) is 11.7. The minimum Gasteiger partial charge on any atom is -0.497 e. The van der Waals surface area contributed by atoms with Crippen molar-refractivity contribution < 1.29 is 14.3 Å². The molecule has 0 aliphatic carbocycles. The molecular formula is C27H36N4O3. The highest BCUT2D eigenvalue weighted by molar-refractivity contribution is 5.94. The predicted octanol–water partition coefficient (Wildman–Crippen LogP) is 4.44. The fraction of sp³-hybridized carbons (Fsp3) is 0.444. The number of carbonyl (C=O) groups excluding carboxylic acids is 2. The van der Waals surface area contributed by atoms with Crippen LogP contribution in [-0.4, -0.2) is 52.0 Å². The van der Waals surface area contributed by atoms with Gasteiger partial charge in [0.25, 0.3) is 5.91 Å². The molecule has 0 spiro atoms. The van der Waals surface area contributed by atoms with Gasteiger partial charge in [-0.3, -0.25) is 9.59 Å². The van der Waals surface area contributed by atoms with Gasteiger partial charge in [-0.15, -0.1) is 0 Å². The van der Waals surface area contributed by atoms with Gasteiger partial charge in [-0.2, -0.15) is 0 Å². The molecule has 2 aromatic carbocycles. The molecule has 0 bridgehead atoms. The van der Waals surface area contributed by atoms with E-state index in [1.807, 2.05) is 33.7 Å². The van der Waals surface area contributed by atoms with Crippen LogP contribution in [0.4, 0.5) is 0 Å². The van der Waals surface area contributed by atoms with Crippen LogP contribution >= 0.6 is 0 Å². The number of hydrogen-bond acceptors (Lipinski definition) is 4. The number of ether oxygens (including phenoxy) is 1. The summed E-state index contributed by atoms with van der Waals surface area (Å²) in [7, 11) is 1.59. The molecule has 3 aromatic rings. The van der Waals surface area contributed by atoms with Gasteiger partial charge in [-0.25, -0.2) is 4.98 Å². The van der Waals surface area contributed by atoms with E-state index < -0.39 is 0 Å². The Morgan fingerprint density at radius 3 is 2.29 bits per heavy atom. The molecular weight excluding hydrogens is 428 g/mol. The number of carbonyl (C=O) groups is 2. The Bertz CT molecular complexity index is 1100. The number of aromatic nitrogens is 2. The van der Waals surface area contributed by atoms with Crippen LogP contribution in [-0.2, 0) is 17.8 Å². The number of imidazole rings is 1. The third-order valence-electron chi connectivity index (χ3n) is 6.43. The normalized spacial score (nSPS) is 12.9. The van der Waals surface area contributed by atoms with Crippen LogP contribution in [0.15, 0.2) is 48.5 Å². The SMILES string of the molecule is CCC(C)N(C(=O)Cn1c(CCNC(=O)c2ccc(OC)cc2)nc2ccccc21)C(C)CC. The van der Waals surface area contributed by atoms with Gasteiger partial charge in [0.2, 0.25) is 5.91 Å². The van der Waals surface area contributed by atoms with Crippen molar-refractivity contribution in [3.63, 3.8) is 0 Å². The Balaban J connectivity index is 1.76. The number of amides is 2. The van der Waals surface area contributed by atoms with Crippen molar-refractivity contribution in [1.29, 1.82) is 0 Å². The Morgan fingerprint density at radius 2 is 1.68 bits per heavy atom. The summed E-state index contributed by atoms with van der Waals surface area (Å²) in [6.07, 6.45) is 2.34. The summed E-state index contributed by atoms with van der Waals surface area (Å²) in [5.41, 5.74) is 2.35. The van der Waals surface area contributed by atoms with Gasteiger partial charge in [0.15, 0.2) is 0 Å². The van der Waals surface area contributed by atoms with Gasteiger partial charge >= 0.3 is 0 Å². The van der Waals surface area contributed by atoms with Crippen molar-refractivity contribution in [2.24, 2.45) is 0 Å². The van der Waals surface area contributed by atoms with Crippen molar-refractivity contribution in [2.75, 3.05) is 13.7 Å². The van der Waals surface area contributed by atoms with Crippen LogP contribution in [0.2, 0.25) is 0 Å². The highest BCUT2D eigenvalue weighted by Gasteiger charge is 2.25. The van der Waals surface area contributed by atoms with Crippen molar-refractivity contribution in [2.45, 2.75) is 65.6 Å². The molecule has 0 aliphatic rings. The maximum Gasteiger partial charge on any atom is 0.251 e. The minimum absolute atomic E-state index is 0.0929. The van der Waals surface area contributed by atoms with Gasteiger partial charge in [0, 0.05) is 30.6 Å². The Kier molecular flexibility index (Phi) is 8.68. The molecule has 0 aliphatic heterocycles. The monoisotopic (exact) mass is 464 g/mol. The van der Waals surface area contributed by atoms with E-state index in [9.17, 15) is 9.59 Å². The van der Waals surface area contributed by atoms with E-state index in [4.69, 9.17) is 9.72 Å². The summed E-state index contributed by atoms with van der Waals surface area (Å²) in [4.78, 5) is 32.7. The summed E-state index contributed by atoms with van der Waals surface area (Å²) in [6.45, 7) is 9.07. The standard InChI is InChI=1S/C27H36N4O3/c1-6-19(3)31(20(4)7-2)26(32)18-30-24-11-9-8-10-23(24)29-25(30)16-17-28-27(33)21-12-14-22(34-5)15-13-21/h8-15,19-20H,6-7,16-18H2,1-5H3,(H,28,33). The van der Waals surface area contributed by atoms with E-state index in [1.165, 1.54) is 0 Å². The van der Waals surface area contributed by atoms with Crippen LogP contribution in [0.1, 0.15) is 56.7 Å². The summed E-state index contributed by atoms with van der Waals surface area (Å²) >= 11 is 0. The highest BCUT2D eigenvalue weighted by Crippen LogP contribution is 2.19. The topological polar surface area (TPSA) is 76.5 Å². The Labute approximate surface area is 202 Å². The zero-order valence-corrected chi connectivity index (χ0v) is 20.9. The molecule has 0 fully saturated rings. The van der Waals surface area contributed by atoms with Gasteiger partial charge < -0.3 is 19.5 Å². The van der Waals surface area contributed by atoms with Crippen molar-refractivity contribution >= 4 is 22.8 Å². The molecule has 2 amide bonds. The lowest BCUT2D eigenvalue weighted by Crippen LogP contribution is -2.46. The number of nitrogens with one attached hydrogen (secondary N) is 1. The summed E-state index contributed by atoms with van der Waals surface area (Å²) in [6, 6.07) is 15.2. The first kappa shape index (κ1) is 25.3. The molecule has 7 nitrogen and oxygen atoms in total. The van der Waals surface area contributed by atoms with E-state index >= 15 is 0 Å². The number of benzene rings is 2. The summed E-state index contributed by atoms with van der Waals surface area (Å²) < 4.78 is 7.14. The van der Waals surface area contributed by atoms with Gasteiger partial charge in [-0.1, -0.05) is 26.0 Å². The van der Waals surface area contributed by atoms with Crippen molar-refractivity contribution in [3.05, 3.63) is 59.9 Å². The van der Waals surface area contributed by atoms with E-state index in [0.717, 1.165) is 29.7 Å². The van der Waals surface area contributed by atoms with E-state index in [0.29, 0.717) is 24.3 Å². The fourth-order valence-corrected chi connectivity index (χ4v) is 4.16. The number of para-hydroxylation sites is 2. The van der Waals surface area contributed by atoms with Gasteiger partial charge in [0.1, 0.15) is 18.1 Å². The first-order valence-corrected chi connectivity index (χ1v) is 12.1. The first-order valence-electron chi connectivity index (χ1n) is 12.1.